The maximum atomic E-state index is 4.94. The minimum Gasteiger partial charge on any atom is -0.256 e. The molecular weight excluding hydrogens is 613 g/mol. The first-order valence-corrected chi connectivity index (χ1v) is 16.5. The maximum absolute atomic E-state index is 4.94. The van der Waals surface area contributed by atoms with Gasteiger partial charge in [-0.1, -0.05) is 121 Å². The fourth-order valence-electron chi connectivity index (χ4n) is 5.55. The van der Waals surface area contributed by atoms with Crippen molar-refractivity contribution in [2.45, 2.75) is 13.8 Å². The molecule has 7 rings (SSSR count). The number of hydrogen-bond acceptors (Lipinski definition) is 6. The average Bonchev–Trinajstić information content (AvgIpc) is 3.20. The monoisotopic (exact) mass is 646 g/mol. The highest BCUT2D eigenvalue weighted by Crippen LogP contribution is 2.29. The lowest BCUT2D eigenvalue weighted by Crippen LogP contribution is -2.00. The second-order valence-corrected chi connectivity index (χ2v) is 11.5. The van der Waals surface area contributed by atoms with Gasteiger partial charge in [0.15, 0.2) is 17.5 Å². The van der Waals surface area contributed by atoms with Crippen molar-refractivity contribution >= 4 is 5.57 Å². The van der Waals surface area contributed by atoms with Crippen LogP contribution in [0.3, 0.4) is 0 Å². The van der Waals surface area contributed by atoms with Crippen LogP contribution in [0.2, 0.25) is 0 Å². The van der Waals surface area contributed by atoms with E-state index in [-0.39, 0.29) is 0 Å². The highest BCUT2D eigenvalue weighted by molar-refractivity contribution is 5.75. The maximum Gasteiger partial charge on any atom is 0.164 e. The van der Waals surface area contributed by atoms with Gasteiger partial charge in [-0.2, -0.15) is 0 Å². The Morgan fingerprint density at radius 3 is 1.46 bits per heavy atom. The summed E-state index contributed by atoms with van der Waals surface area (Å²) in [5.74, 6) is 1.82. The van der Waals surface area contributed by atoms with E-state index in [0.29, 0.717) is 17.5 Å². The van der Waals surface area contributed by atoms with Crippen molar-refractivity contribution in [1.29, 1.82) is 0 Å². The van der Waals surface area contributed by atoms with Crippen LogP contribution in [0.25, 0.3) is 73.5 Å². The molecule has 0 atom stereocenters. The summed E-state index contributed by atoms with van der Waals surface area (Å²) < 4.78 is 0. The number of allylic oxidation sites excluding steroid dienone is 6. The van der Waals surface area contributed by atoms with Gasteiger partial charge in [0, 0.05) is 52.0 Å². The summed E-state index contributed by atoms with van der Waals surface area (Å²) in [6, 6.07) is 40.5. The molecule has 0 aliphatic carbocycles. The number of benzene rings is 3. The first kappa shape index (κ1) is 31.9. The van der Waals surface area contributed by atoms with Crippen molar-refractivity contribution in [2.75, 3.05) is 0 Å². The fourth-order valence-corrected chi connectivity index (χ4v) is 5.55. The van der Waals surface area contributed by atoms with Crippen LogP contribution in [-0.4, -0.2) is 29.9 Å². The number of rotatable bonds is 9. The van der Waals surface area contributed by atoms with Gasteiger partial charge in [-0.25, -0.2) is 15.0 Å². The lowest BCUT2D eigenvalue weighted by molar-refractivity contribution is 1.07. The fraction of sp³-hybridized carbons (Fsp3) is 0.0455. The topological polar surface area (TPSA) is 77.3 Å². The summed E-state index contributed by atoms with van der Waals surface area (Å²) >= 11 is 0. The standard InChI is InChI=1S/C44H34N6/c1-3-5-7-12-31(4-2)37-24-26-40(46-29-37)32-16-20-35(21-17-32)43-48-42(34-13-8-6-9-14-34)49-44(50-43)36-22-18-33(19-23-36)41-27-25-38(30-47-41)39-15-10-11-28-45-39/h3-30H,1-2H3/b5-3-,12-7-,31-4-. The van der Waals surface area contributed by atoms with Crippen LogP contribution < -0.4 is 0 Å². The molecule has 0 unspecified atom stereocenters. The molecule has 3 aromatic carbocycles. The van der Waals surface area contributed by atoms with Crippen LogP contribution >= 0.6 is 0 Å². The molecule has 0 saturated heterocycles. The first-order valence-electron chi connectivity index (χ1n) is 16.5. The number of hydrogen-bond donors (Lipinski definition) is 0. The van der Waals surface area contributed by atoms with Crippen LogP contribution in [0.4, 0.5) is 0 Å². The van der Waals surface area contributed by atoms with Gasteiger partial charge in [0.05, 0.1) is 17.1 Å². The third-order valence-electron chi connectivity index (χ3n) is 8.26. The SMILES string of the molecule is C\C=C/C=C\C(=C\C)c1ccc(-c2ccc(-c3nc(-c4ccccc4)nc(-c4ccc(-c5ccc(-c6ccccn6)cn5)cc4)n3)cc2)nc1. The smallest absolute Gasteiger partial charge is 0.164 e. The zero-order valence-corrected chi connectivity index (χ0v) is 27.8. The summed E-state index contributed by atoms with van der Waals surface area (Å²) in [5, 5.41) is 0. The van der Waals surface area contributed by atoms with Crippen molar-refractivity contribution < 1.29 is 0 Å². The lowest BCUT2D eigenvalue weighted by atomic mass is 10.0. The third-order valence-corrected chi connectivity index (χ3v) is 8.26. The minimum atomic E-state index is 0.600. The van der Waals surface area contributed by atoms with Crippen molar-refractivity contribution in [3.63, 3.8) is 0 Å². The van der Waals surface area contributed by atoms with Gasteiger partial charge in [-0.05, 0) is 55.3 Å². The Labute approximate surface area is 292 Å². The molecule has 0 amide bonds. The minimum absolute atomic E-state index is 0.600. The second kappa shape index (κ2) is 15.0. The van der Waals surface area contributed by atoms with Gasteiger partial charge in [0.25, 0.3) is 0 Å². The van der Waals surface area contributed by atoms with Crippen LogP contribution in [0.15, 0.2) is 170 Å². The molecule has 50 heavy (non-hydrogen) atoms. The number of pyridine rings is 3. The van der Waals surface area contributed by atoms with Crippen molar-refractivity contribution in [1.82, 2.24) is 29.9 Å². The zero-order valence-electron chi connectivity index (χ0n) is 27.8. The summed E-state index contributed by atoms with van der Waals surface area (Å²) in [4.78, 5) is 28.6. The second-order valence-electron chi connectivity index (χ2n) is 11.5. The van der Waals surface area contributed by atoms with Crippen LogP contribution in [0.5, 0.6) is 0 Å². The van der Waals surface area contributed by atoms with Gasteiger partial charge < -0.3 is 0 Å². The number of aromatic nitrogens is 6. The van der Waals surface area contributed by atoms with Crippen molar-refractivity contribution in [3.8, 4) is 67.9 Å². The van der Waals surface area contributed by atoms with Crippen LogP contribution in [0.1, 0.15) is 19.4 Å². The molecule has 0 bridgehead atoms. The zero-order chi connectivity index (χ0) is 34.1. The van der Waals surface area contributed by atoms with E-state index < -0.39 is 0 Å². The van der Waals surface area contributed by atoms with E-state index in [0.717, 1.165) is 61.6 Å². The molecule has 0 N–H and O–H groups in total. The van der Waals surface area contributed by atoms with Gasteiger partial charge >= 0.3 is 0 Å². The summed E-state index contributed by atoms with van der Waals surface area (Å²) in [7, 11) is 0. The Morgan fingerprint density at radius 1 is 0.440 bits per heavy atom. The van der Waals surface area contributed by atoms with E-state index in [1.165, 1.54) is 0 Å². The summed E-state index contributed by atoms with van der Waals surface area (Å²) in [6.45, 7) is 4.04. The van der Waals surface area contributed by atoms with Crippen LogP contribution in [0, 0.1) is 0 Å². The predicted octanol–water partition coefficient (Wildman–Crippen LogP) is 10.6. The molecule has 7 aromatic rings. The Hall–Kier alpha value is -6.66. The van der Waals surface area contributed by atoms with Crippen molar-refractivity contribution in [3.05, 3.63) is 176 Å². The van der Waals surface area contributed by atoms with E-state index in [2.05, 4.69) is 53.5 Å². The van der Waals surface area contributed by atoms with E-state index >= 15 is 0 Å². The van der Waals surface area contributed by atoms with E-state index in [1.807, 2.05) is 129 Å². The molecule has 0 aliphatic heterocycles. The predicted molar refractivity (Wildman–Crippen MR) is 203 cm³/mol. The highest BCUT2D eigenvalue weighted by atomic mass is 15.0. The van der Waals surface area contributed by atoms with Gasteiger partial charge in [0.2, 0.25) is 0 Å². The molecule has 4 aromatic heterocycles. The Balaban J connectivity index is 1.16. The Kier molecular flexibility index (Phi) is 9.61. The Bertz CT molecular complexity index is 2270. The average molecular weight is 647 g/mol. The van der Waals surface area contributed by atoms with Crippen molar-refractivity contribution in [2.24, 2.45) is 0 Å². The molecule has 4 heterocycles. The van der Waals surface area contributed by atoms with Gasteiger partial charge in [0.1, 0.15) is 0 Å². The van der Waals surface area contributed by atoms with Gasteiger partial charge in [-0.3, -0.25) is 15.0 Å². The molecule has 0 aliphatic rings. The molecule has 240 valence electrons. The molecule has 6 heteroatoms. The van der Waals surface area contributed by atoms with E-state index in [1.54, 1.807) is 6.20 Å². The lowest BCUT2D eigenvalue weighted by Gasteiger charge is -2.10. The Morgan fingerprint density at radius 2 is 0.960 bits per heavy atom. The highest BCUT2D eigenvalue weighted by Gasteiger charge is 2.13. The normalized spacial score (nSPS) is 11.8. The molecule has 0 saturated carbocycles. The summed E-state index contributed by atoms with van der Waals surface area (Å²) in [6.07, 6.45) is 15.8. The number of nitrogens with zero attached hydrogens (tertiary/aromatic N) is 6. The largest absolute Gasteiger partial charge is 0.256 e. The van der Waals surface area contributed by atoms with Crippen LogP contribution in [-0.2, 0) is 0 Å². The molecule has 0 spiro atoms. The van der Waals surface area contributed by atoms with E-state index in [9.17, 15) is 0 Å². The van der Waals surface area contributed by atoms with E-state index in [4.69, 9.17) is 24.9 Å². The quantitative estimate of drug-likeness (QED) is 0.145. The first-order chi connectivity index (χ1) is 24.7. The summed E-state index contributed by atoms with van der Waals surface area (Å²) in [5.41, 5.74) is 10.6. The molecule has 0 fully saturated rings. The third kappa shape index (κ3) is 7.25. The van der Waals surface area contributed by atoms with Gasteiger partial charge in [-0.15, -0.1) is 0 Å². The molecule has 0 radical (unpaired) electrons. The molecular formula is C44H34N6. The molecule has 6 nitrogen and oxygen atoms in total.